The number of rotatable bonds is 5. The summed E-state index contributed by atoms with van der Waals surface area (Å²) >= 11 is 3.48. The lowest BCUT2D eigenvalue weighted by molar-refractivity contribution is -0.120. The average molecular weight is 378 g/mol. The van der Waals surface area contributed by atoms with E-state index in [1.165, 1.54) is 0 Å². The Morgan fingerprint density at radius 1 is 1.39 bits per heavy atom. The highest BCUT2D eigenvalue weighted by Gasteiger charge is 2.17. The Balaban J connectivity index is 1.78. The van der Waals surface area contributed by atoms with Gasteiger partial charge in [-0.1, -0.05) is 28.1 Å². The predicted octanol–water partition coefficient (Wildman–Crippen LogP) is 3.45. The molecule has 0 radical (unpaired) electrons. The molecule has 122 valence electrons. The molecule has 1 N–H and O–H groups in total. The van der Waals surface area contributed by atoms with Crippen LogP contribution in [0.1, 0.15) is 18.4 Å². The SMILES string of the molecule is COc1ccc2cc(Br)ccc2c1CC(=O)NC[C@H]1CCCO1. The molecule has 4 nitrogen and oxygen atoms in total. The van der Waals surface area contributed by atoms with Crippen LogP contribution in [0.4, 0.5) is 0 Å². The average Bonchev–Trinajstić information content (AvgIpc) is 3.06. The molecule has 1 amide bonds. The van der Waals surface area contributed by atoms with Crippen molar-refractivity contribution in [2.45, 2.75) is 25.4 Å². The first-order valence-corrected chi connectivity index (χ1v) is 8.60. The smallest absolute Gasteiger partial charge is 0.224 e. The molecule has 0 aromatic heterocycles. The van der Waals surface area contributed by atoms with E-state index >= 15 is 0 Å². The molecule has 0 unspecified atom stereocenters. The van der Waals surface area contributed by atoms with Gasteiger partial charge < -0.3 is 14.8 Å². The zero-order valence-corrected chi connectivity index (χ0v) is 14.7. The summed E-state index contributed by atoms with van der Waals surface area (Å²) in [5, 5.41) is 5.10. The lowest BCUT2D eigenvalue weighted by atomic mass is 10.0. The Kier molecular flexibility index (Phi) is 5.18. The minimum absolute atomic E-state index is 0.00535. The molecule has 1 heterocycles. The second kappa shape index (κ2) is 7.32. The number of carbonyl (C=O) groups is 1. The van der Waals surface area contributed by atoms with Gasteiger partial charge in [0.25, 0.3) is 0 Å². The Bertz CT molecular complexity index is 711. The standard InChI is InChI=1S/C18H20BrNO3/c1-22-17-7-4-12-9-13(19)5-6-15(12)16(17)10-18(21)20-11-14-3-2-8-23-14/h4-7,9,14H,2-3,8,10-11H2,1H3,(H,20,21)/t14-/m1/s1. The van der Waals surface area contributed by atoms with Crippen molar-refractivity contribution in [3.8, 4) is 5.75 Å². The maximum atomic E-state index is 12.3. The van der Waals surface area contributed by atoms with E-state index in [1.54, 1.807) is 7.11 Å². The van der Waals surface area contributed by atoms with Gasteiger partial charge in [-0.05, 0) is 41.8 Å². The molecular formula is C18H20BrNO3. The summed E-state index contributed by atoms with van der Waals surface area (Å²) in [6.45, 7) is 1.38. The summed E-state index contributed by atoms with van der Waals surface area (Å²) in [5.41, 5.74) is 0.919. The van der Waals surface area contributed by atoms with Crippen LogP contribution >= 0.6 is 15.9 Å². The molecule has 0 aliphatic carbocycles. The molecule has 0 bridgehead atoms. The summed E-state index contributed by atoms with van der Waals surface area (Å²) in [7, 11) is 1.63. The fourth-order valence-electron chi connectivity index (χ4n) is 2.97. The third kappa shape index (κ3) is 3.85. The first kappa shape index (κ1) is 16.3. The fourth-order valence-corrected chi connectivity index (χ4v) is 3.35. The maximum Gasteiger partial charge on any atom is 0.224 e. The largest absolute Gasteiger partial charge is 0.496 e. The van der Waals surface area contributed by atoms with Crippen LogP contribution in [0.5, 0.6) is 5.75 Å². The van der Waals surface area contributed by atoms with Crippen LogP contribution in [0, 0.1) is 0 Å². The van der Waals surface area contributed by atoms with Gasteiger partial charge >= 0.3 is 0 Å². The molecule has 1 atom stereocenters. The minimum Gasteiger partial charge on any atom is -0.496 e. The molecule has 1 fully saturated rings. The fraction of sp³-hybridized carbons (Fsp3) is 0.389. The molecule has 2 aromatic carbocycles. The molecule has 2 aromatic rings. The first-order valence-electron chi connectivity index (χ1n) is 7.81. The van der Waals surface area contributed by atoms with E-state index in [-0.39, 0.29) is 12.0 Å². The number of nitrogens with one attached hydrogen (secondary N) is 1. The van der Waals surface area contributed by atoms with Crippen molar-refractivity contribution in [1.82, 2.24) is 5.32 Å². The van der Waals surface area contributed by atoms with Crippen molar-refractivity contribution in [2.24, 2.45) is 0 Å². The Hall–Kier alpha value is -1.59. The molecule has 5 heteroatoms. The predicted molar refractivity (Wildman–Crippen MR) is 93.9 cm³/mol. The van der Waals surface area contributed by atoms with Crippen LogP contribution in [-0.4, -0.2) is 32.3 Å². The van der Waals surface area contributed by atoms with E-state index in [1.807, 2.05) is 30.3 Å². The van der Waals surface area contributed by atoms with E-state index in [4.69, 9.17) is 9.47 Å². The lowest BCUT2D eigenvalue weighted by Gasteiger charge is -2.14. The topological polar surface area (TPSA) is 47.6 Å². The summed E-state index contributed by atoms with van der Waals surface area (Å²) in [5.74, 6) is 0.737. The Morgan fingerprint density at radius 2 is 2.26 bits per heavy atom. The summed E-state index contributed by atoms with van der Waals surface area (Å²) < 4.78 is 12.0. The number of benzene rings is 2. The molecule has 0 spiro atoms. The quantitative estimate of drug-likeness (QED) is 0.867. The van der Waals surface area contributed by atoms with Crippen LogP contribution in [0.15, 0.2) is 34.8 Å². The lowest BCUT2D eigenvalue weighted by Crippen LogP contribution is -2.32. The Morgan fingerprint density at radius 3 is 3.00 bits per heavy atom. The molecule has 23 heavy (non-hydrogen) atoms. The van der Waals surface area contributed by atoms with Gasteiger partial charge in [-0.2, -0.15) is 0 Å². The van der Waals surface area contributed by atoms with Crippen molar-refractivity contribution in [2.75, 3.05) is 20.3 Å². The van der Waals surface area contributed by atoms with Crippen molar-refractivity contribution >= 4 is 32.6 Å². The molecular weight excluding hydrogens is 358 g/mol. The van der Waals surface area contributed by atoms with E-state index < -0.39 is 0 Å². The summed E-state index contributed by atoms with van der Waals surface area (Å²) in [4.78, 5) is 12.3. The van der Waals surface area contributed by atoms with E-state index in [0.717, 1.165) is 46.0 Å². The third-order valence-electron chi connectivity index (χ3n) is 4.16. The second-order valence-corrected chi connectivity index (χ2v) is 6.64. The minimum atomic E-state index is -0.00535. The number of hydrogen-bond acceptors (Lipinski definition) is 3. The summed E-state index contributed by atoms with van der Waals surface area (Å²) in [6.07, 6.45) is 2.55. The maximum absolute atomic E-state index is 12.3. The number of hydrogen-bond donors (Lipinski definition) is 1. The van der Waals surface area contributed by atoms with Crippen molar-refractivity contribution in [3.63, 3.8) is 0 Å². The van der Waals surface area contributed by atoms with Crippen LogP contribution in [0.2, 0.25) is 0 Å². The second-order valence-electron chi connectivity index (χ2n) is 5.73. The molecule has 3 rings (SSSR count). The third-order valence-corrected chi connectivity index (χ3v) is 4.65. The van der Waals surface area contributed by atoms with Crippen molar-refractivity contribution in [3.05, 3.63) is 40.4 Å². The van der Waals surface area contributed by atoms with Crippen LogP contribution < -0.4 is 10.1 Å². The van der Waals surface area contributed by atoms with Gasteiger partial charge in [0.05, 0.1) is 19.6 Å². The number of amides is 1. The van der Waals surface area contributed by atoms with Gasteiger partial charge in [-0.15, -0.1) is 0 Å². The number of ether oxygens (including phenoxy) is 2. The molecule has 0 saturated carbocycles. The molecule has 1 saturated heterocycles. The monoisotopic (exact) mass is 377 g/mol. The highest BCUT2D eigenvalue weighted by molar-refractivity contribution is 9.10. The number of carbonyl (C=O) groups excluding carboxylic acids is 1. The van der Waals surface area contributed by atoms with E-state index in [0.29, 0.717) is 13.0 Å². The first-order chi connectivity index (χ1) is 11.2. The highest BCUT2D eigenvalue weighted by atomic mass is 79.9. The van der Waals surface area contributed by atoms with Crippen LogP contribution in [0.25, 0.3) is 10.8 Å². The normalized spacial score (nSPS) is 17.4. The summed E-state index contributed by atoms with van der Waals surface area (Å²) in [6, 6.07) is 9.97. The highest BCUT2D eigenvalue weighted by Crippen LogP contribution is 2.30. The van der Waals surface area contributed by atoms with Crippen LogP contribution in [0.3, 0.4) is 0 Å². The van der Waals surface area contributed by atoms with E-state index in [9.17, 15) is 4.79 Å². The Labute approximate surface area is 144 Å². The van der Waals surface area contributed by atoms with Crippen LogP contribution in [-0.2, 0) is 16.0 Å². The van der Waals surface area contributed by atoms with Crippen molar-refractivity contribution < 1.29 is 14.3 Å². The van der Waals surface area contributed by atoms with Crippen molar-refractivity contribution in [1.29, 1.82) is 0 Å². The number of methoxy groups -OCH3 is 1. The molecule has 1 aliphatic rings. The molecule has 1 aliphatic heterocycles. The van der Waals surface area contributed by atoms with Gasteiger partial charge in [-0.3, -0.25) is 4.79 Å². The van der Waals surface area contributed by atoms with E-state index in [2.05, 4.69) is 21.2 Å². The van der Waals surface area contributed by atoms with Gasteiger partial charge in [0.15, 0.2) is 0 Å². The van der Waals surface area contributed by atoms with Gasteiger partial charge in [0.1, 0.15) is 5.75 Å². The number of fused-ring (bicyclic) bond motifs is 1. The zero-order chi connectivity index (χ0) is 16.2. The van der Waals surface area contributed by atoms with Gasteiger partial charge in [-0.25, -0.2) is 0 Å². The zero-order valence-electron chi connectivity index (χ0n) is 13.1. The van der Waals surface area contributed by atoms with Gasteiger partial charge in [0, 0.05) is 23.2 Å². The van der Waals surface area contributed by atoms with Gasteiger partial charge in [0.2, 0.25) is 5.91 Å². The number of halogens is 1.